The number of imidazole rings is 1. The molecule has 3 nitrogen and oxygen atoms in total. The van der Waals surface area contributed by atoms with Gasteiger partial charge in [0.05, 0.1) is 11.7 Å². The first kappa shape index (κ1) is 13.4. The number of allylic oxidation sites excluding steroid dienone is 1. The summed E-state index contributed by atoms with van der Waals surface area (Å²) in [5.41, 5.74) is 3.61. The van der Waals surface area contributed by atoms with Crippen LogP contribution in [0.5, 0.6) is 0 Å². The van der Waals surface area contributed by atoms with Gasteiger partial charge >= 0.3 is 0 Å². The average Bonchev–Trinajstić information content (AvgIpc) is 2.70. The summed E-state index contributed by atoms with van der Waals surface area (Å²) in [5.74, 6) is 0.896. The van der Waals surface area contributed by atoms with Crippen molar-refractivity contribution in [2.45, 2.75) is 33.4 Å². The van der Waals surface area contributed by atoms with Crippen molar-refractivity contribution in [2.24, 2.45) is 0 Å². The molecule has 100 valence electrons. The number of rotatable bonds is 5. The summed E-state index contributed by atoms with van der Waals surface area (Å²) >= 11 is 0. The van der Waals surface area contributed by atoms with Gasteiger partial charge in [0.1, 0.15) is 0 Å². The van der Waals surface area contributed by atoms with E-state index in [2.05, 4.69) is 59.6 Å². The molecule has 1 heterocycles. The molecular weight excluding hydrogens is 234 g/mol. The van der Waals surface area contributed by atoms with Gasteiger partial charge in [0.15, 0.2) is 0 Å². The molecule has 1 aromatic carbocycles. The summed E-state index contributed by atoms with van der Waals surface area (Å²) in [4.78, 5) is 4.53. The minimum atomic E-state index is 0.228. The predicted molar refractivity (Wildman–Crippen MR) is 80.4 cm³/mol. The van der Waals surface area contributed by atoms with Gasteiger partial charge in [-0.2, -0.15) is 0 Å². The number of hydrogen-bond acceptors (Lipinski definition) is 2. The number of nitrogens with one attached hydrogen (secondary N) is 1. The third-order valence-corrected chi connectivity index (χ3v) is 3.22. The molecule has 1 N–H and O–H groups in total. The van der Waals surface area contributed by atoms with Gasteiger partial charge in [-0.25, -0.2) is 4.98 Å². The molecule has 0 saturated heterocycles. The van der Waals surface area contributed by atoms with Crippen LogP contribution in [0.1, 0.15) is 29.8 Å². The second kappa shape index (κ2) is 5.74. The van der Waals surface area contributed by atoms with Crippen molar-refractivity contribution in [2.75, 3.05) is 5.32 Å². The molecule has 1 aromatic heterocycles. The Balaban J connectivity index is 2.21. The summed E-state index contributed by atoms with van der Waals surface area (Å²) in [5, 5.41) is 3.48. The number of aryl methyl sites for hydroxylation is 2. The highest BCUT2D eigenvalue weighted by molar-refractivity contribution is 5.37. The van der Waals surface area contributed by atoms with Gasteiger partial charge in [-0.3, -0.25) is 0 Å². The Hall–Kier alpha value is -2.03. The second-order valence-electron chi connectivity index (χ2n) is 4.87. The highest BCUT2D eigenvalue weighted by atomic mass is 15.2. The molecule has 0 amide bonds. The summed E-state index contributed by atoms with van der Waals surface area (Å²) in [7, 11) is 0. The van der Waals surface area contributed by atoms with Gasteiger partial charge in [0.25, 0.3) is 0 Å². The van der Waals surface area contributed by atoms with Crippen molar-refractivity contribution in [1.29, 1.82) is 0 Å². The van der Waals surface area contributed by atoms with Crippen LogP contribution in [-0.2, 0) is 6.54 Å². The van der Waals surface area contributed by atoms with E-state index < -0.39 is 0 Å². The molecule has 2 aromatic rings. The maximum atomic E-state index is 4.53. The summed E-state index contributed by atoms with van der Waals surface area (Å²) in [6.45, 7) is 10.8. The Labute approximate surface area is 115 Å². The zero-order valence-electron chi connectivity index (χ0n) is 11.9. The first-order valence-electron chi connectivity index (χ1n) is 6.58. The lowest BCUT2D eigenvalue weighted by Gasteiger charge is -2.17. The molecule has 0 aliphatic carbocycles. The molecule has 2 rings (SSSR count). The Morgan fingerprint density at radius 3 is 2.79 bits per heavy atom. The topological polar surface area (TPSA) is 29.9 Å². The molecule has 0 aliphatic heterocycles. The number of hydrogen-bond donors (Lipinski definition) is 1. The minimum absolute atomic E-state index is 0.228. The number of benzene rings is 1. The van der Waals surface area contributed by atoms with Gasteiger partial charge in [0.2, 0.25) is 5.95 Å². The fraction of sp³-hybridized carbons (Fsp3) is 0.312. The average molecular weight is 255 g/mol. The fourth-order valence-electron chi connectivity index (χ4n) is 2.28. The smallest absolute Gasteiger partial charge is 0.203 e. The van der Waals surface area contributed by atoms with Crippen molar-refractivity contribution in [1.82, 2.24) is 9.55 Å². The molecule has 19 heavy (non-hydrogen) atoms. The van der Waals surface area contributed by atoms with Crippen LogP contribution in [0.25, 0.3) is 0 Å². The monoisotopic (exact) mass is 255 g/mol. The molecule has 0 radical (unpaired) electrons. The largest absolute Gasteiger partial charge is 0.349 e. The maximum Gasteiger partial charge on any atom is 0.203 e. The Bertz CT molecular complexity index is 569. The van der Waals surface area contributed by atoms with Gasteiger partial charge in [-0.05, 0) is 31.9 Å². The lowest BCUT2D eigenvalue weighted by atomic mass is 10.0. The normalized spacial score (nSPS) is 12.2. The van der Waals surface area contributed by atoms with Gasteiger partial charge in [-0.15, -0.1) is 6.58 Å². The van der Waals surface area contributed by atoms with E-state index in [1.807, 2.05) is 19.2 Å². The molecular formula is C16H21N3. The first-order chi connectivity index (χ1) is 9.11. The zero-order valence-corrected chi connectivity index (χ0v) is 11.9. The summed E-state index contributed by atoms with van der Waals surface area (Å²) in [6, 6.07) is 8.65. The van der Waals surface area contributed by atoms with Gasteiger partial charge in [0, 0.05) is 12.7 Å². The highest BCUT2D eigenvalue weighted by Crippen LogP contribution is 2.21. The Kier molecular flexibility index (Phi) is 4.05. The second-order valence-corrected chi connectivity index (χ2v) is 4.87. The quantitative estimate of drug-likeness (QED) is 0.822. The Morgan fingerprint density at radius 1 is 1.37 bits per heavy atom. The van der Waals surface area contributed by atoms with Crippen LogP contribution in [0.15, 0.2) is 43.1 Å². The molecule has 0 spiro atoms. The SMILES string of the molecule is C=CCn1cc(C)nc1NC(C)c1ccccc1C. The van der Waals surface area contributed by atoms with E-state index in [4.69, 9.17) is 0 Å². The Morgan fingerprint density at radius 2 is 2.11 bits per heavy atom. The van der Waals surface area contributed by atoms with Crippen LogP contribution in [0.4, 0.5) is 5.95 Å². The van der Waals surface area contributed by atoms with Gasteiger partial charge < -0.3 is 9.88 Å². The van der Waals surface area contributed by atoms with E-state index >= 15 is 0 Å². The molecule has 0 aliphatic rings. The van der Waals surface area contributed by atoms with Gasteiger partial charge in [-0.1, -0.05) is 30.3 Å². The lowest BCUT2D eigenvalue weighted by molar-refractivity contribution is 0.781. The lowest BCUT2D eigenvalue weighted by Crippen LogP contribution is -2.12. The molecule has 0 bridgehead atoms. The van der Waals surface area contributed by atoms with Crippen LogP contribution < -0.4 is 5.32 Å². The van der Waals surface area contributed by atoms with E-state index in [1.54, 1.807) is 0 Å². The standard InChI is InChI=1S/C16H21N3/c1-5-10-19-11-13(3)17-16(19)18-14(4)15-9-7-6-8-12(15)2/h5-9,11,14H,1,10H2,2-4H3,(H,17,18). The molecule has 0 saturated carbocycles. The van der Waals surface area contributed by atoms with Crippen molar-refractivity contribution in [3.63, 3.8) is 0 Å². The van der Waals surface area contributed by atoms with Crippen LogP contribution in [0.2, 0.25) is 0 Å². The zero-order chi connectivity index (χ0) is 13.8. The van der Waals surface area contributed by atoms with Crippen LogP contribution in [-0.4, -0.2) is 9.55 Å². The fourth-order valence-corrected chi connectivity index (χ4v) is 2.28. The van der Waals surface area contributed by atoms with Crippen molar-refractivity contribution < 1.29 is 0 Å². The van der Waals surface area contributed by atoms with E-state index in [9.17, 15) is 0 Å². The summed E-state index contributed by atoms with van der Waals surface area (Å²) in [6.07, 6.45) is 3.92. The van der Waals surface area contributed by atoms with Crippen LogP contribution >= 0.6 is 0 Å². The number of nitrogens with zero attached hydrogens (tertiary/aromatic N) is 2. The maximum absolute atomic E-state index is 4.53. The highest BCUT2D eigenvalue weighted by Gasteiger charge is 2.11. The van der Waals surface area contributed by atoms with E-state index in [0.717, 1.165) is 18.2 Å². The minimum Gasteiger partial charge on any atom is -0.349 e. The predicted octanol–water partition coefficient (Wildman–Crippen LogP) is 3.86. The van der Waals surface area contributed by atoms with Crippen molar-refractivity contribution in [3.8, 4) is 0 Å². The third kappa shape index (κ3) is 3.05. The summed E-state index contributed by atoms with van der Waals surface area (Å²) < 4.78 is 2.08. The van der Waals surface area contributed by atoms with E-state index in [0.29, 0.717) is 0 Å². The van der Waals surface area contributed by atoms with Crippen molar-refractivity contribution in [3.05, 3.63) is 59.9 Å². The third-order valence-electron chi connectivity index (χ3n) is 3.22. The number of aromatic nitrogens is 2. The van der Waals surface area contributed by atoms with E-state index in [1.165, 1.54) is 11.1 Å². The first-order valence-corrected chi connectivity index (χ1v) is 6.58. The molecule has 0 fully saturated rings. The molecule has 1 unspecified atom stereocenters. The number of anilines is 1. The van der Waals surface area contributed by atoms with Crippen LogP contribution in [0.3, 0.4) is 0 Å². The molecule has 3 heteroatoms. The molecule has 1 atom stereocenters. The van der Waals surface area contributed by atoms with Crippen molar-refractivity contribution >= 4 is 5.95 Å². The van der Waals surface area contributed by atoms with E-state index in [-0.39, 0.29) is 6.04 Å². The van der Waals surface area contributed by atoms with Crippen LogP contribution in [0, 0.1) is 13.8 Å².